The molecule has 0 amide bonds. The van der Waals surface area contributed by atoms with Crippen LogP contribution in [0.2, 0.25) is 0 Å². The summed E-state index contributed by atoms with van der Waals surface area (Å²) >= 11 is 3.18. The summed E-state index contributed by atoms with van der Waals surface area (Å²) in [5.41, 5.74) is 4.02. The van der Waals surface area contributed by atoms with Gasteiger partial charge in [0.2, 0.25) is 0 Å². The lowest BCUT2D eigenvalue weighted by atomic mass is 10.1. The smallest absolute Gasteiger partial charge is 0.171 e. The van der Waals surface area contributed by atoms with E-state index in [0.717, 1.165) is 32.6 Å². The molecule has 19 heavy (non-hydrogen) atoms. The van der Waals surface area contributed by atoms with Gasteiger partial charge >= 0.3 is 0 Å². The molecule has 0 spiro atoms. The lowest BCUT2D eigenvalue weighted by molar-refractivity contribution is 0.782. The summed E-state index contributed by atoms with van der Waals surface area (Å²) < 4.78 is 0. The molecule has 3 rings (SSSR count). The second kappa shape index (κ2) is 4.94. The standard InChI is InChI=1S/C13H14N4S2/c1-7(2)11-12(19-13-14-4-8(3)15-13)17-10-6-18-5-9(10)16-11/h4-7H,1-3H3,(H,14,15). The Morgan fingerprint density at radius 3 is 2.58 bits per heavy atom. The van der Waals surface area contributed by atoms with Gasteiger partial charge in [-0.1, -0.05) is 13.8 Å². The first kappa shape index (κ1) is 12.6. The minimum absolute atomic E-state index is 0.343. The summed E-state index contributed by atoms with van der Waals surface area (Å²) in [4.78, 5) is 17.0. The number of nitrogens with one attached hydrogen (secondary N) is 1. The second-order valence-electron chi connectivity index (χ2n) is 4.68. The van der Waals surface area contributed by atoms with Crippen LogP contribution in [0, 0.1) is 6.92 Å². The van der Waals surface area contributed by atoms with Gasteiger partial charge in [-0.2, -0.15) is 0 Å². The zero-order valence-corrected chi connectivity index (χ0v) is 12.6. The van der Waals surface area contributed by atoms with Crippen LogP contribution < -0.4 is 0 Å². The largest absolute Gasteiger partial charge is 0.337 e. The maximum atomic E-state index is 4.72. The molecular formula is C13H14N4S2. The number of aromatic nitrogens is 4. The number of aryl methyl sites for hydroxylation is 1. The van der Waals surface area contributed by atoms with Gasteiger partial charge in [-0.25, -0.2) is 15.0 Å². The van der Waals surface area contributed by atoms with Crippen molar-refractivity contribution in [2.45, 2.75) is 36.9 Å². The van der Waals surface area contributed by atoms with E-state index in [4.69, 9.17) is 9.97 Å². The van der Waals surface area contributed by atoms with Crippen molar-refractivity contribution in [1.29, 1.82) is 0 Å². The number of aromatic amines is 1. The van der Waals surface area contributed by atoms with Gasteiger partial charge in [-0.3, -0.25) is 0 Å². The van der Waals surface area contributed by atoms with Crippen LogP contribution in [0.4, 0.5) is 0 Å². The molecule has 6 heteroatoms. The fourth-order valence-corrected chi connectivity index (χ4v) is 3.48. The second-order valence-corrected chi connectivity index (χ2v) is 6.41. The molecular weight excluding hydrogens is 276 g/mol. The number of nitrogens with zero attached hydrogens (tertiary/aromatic N) is 3. The Hall–Kier alpha value is -1.40. The van der Waals surface area contributed by atoms with Gasteiger partial charge in [0, 0.05) is 22.7 Å². The Kier molecular flexibility index (Phi) is 3.28. The Balaban J connectivity index is 2.06. The monoisotopic (exact) mass is 290 g/mol. The predicted octanol–water partition coefficient (Wildman–Crippen LogP) is 4.00. The average Bonchev–Trinajstić information content (AvgIpc) is 2.96. The molecule has 0 saturated carbocycles. The summed E-state index contributed by atoms with van der Waals surface area (Å²) in [6.07, 6.45) is 1.83. The maximum Gasteiger partial charge on any atom is 0.171 e. The summed E-state index contributed by atoms with van der Waals surface area (Å²) in [5.74, 6) is 0.343. The Morgan fingerprint density at radius 1 is 1.21 bits per heavy atom. The van der Waals surface area contributed by atoms with Crippen LogP contribution in [-0.4, -0.2) is 19.9 Å². The van der Waals surface area contributed by atoms with E-state index < -0.39 is 0 Å². The number of hydrogen-bond acceptors (Lipinski definition) is 5. The Bertz CT molecular complexity index is 714. The minimum Gasteiger partial charge on any atom is -0.337 e. The van der Waals surface area contributed by atoms with E-state index in [0.29, 0.717) is 5.92 Å². The predicted molar refractivity (Wildman–Crippen MR) is 79.0 cm³/mol. The Labute approximate surface area is 119 Å². The van der Waals surface area contributed by atoms with Crippen molar-refractivity contribution in [1.82, 2.24) is 19.9 Å². The van der Waals surface area contributed by atoms with E-state index in [1.165, 1.54) is 0 Å². The van der Waals surface area contributed by atoms with Gasteiger partial charge in [0.25, 0.3) is 0 Å². The molecule has 4 nitrogen and oxygen atoms in total. The van der Waals surface area contributed by atoms with Crippen LogP contribution in [0.25, 0.3) is 11.0 Å². The fourth-order valence-electron chi connectivity index (χ4n) is 1.78. The van der Waals surface area contributed by atoms with E-state index in [9.17, 15) is 0 Å². The van der Waals surface area contributed by atoms with Gasteiger partial charge in [-0.05, 0) is 24.6 Å². The van der Waals surface area contributed by atoms with E-state index in [1.54, 1.807) is 23.1 Å². The van der Waals surface area contributed by atoms with E-state index in [-0.39, 0.29) is 0 Å². The molecule has 0 aliphatic carbocycles. The van der Waals surface area contributed by atoms with Crippen molar-refractivity contribution in [3.8, 4) is 0 Å². The van der Waals surface area contributed by atoms with Gasteiger partial charge in [0.05, 0.1) is 11.2 Å². The van der Waals surface area contributed by atoms with Crippen molar-refractivity contribution in [3.63, 3.8) is 0 Å². The first-order valence-corrected chi connectivity index (χ1v) is 7.82. The van der Waals surface area contributed by atoms with Gasteiger partial charge in [0.15, 0.2) is 5.16 Å². The molecule has 0 saturated heterocycles. The summed E-state index contributed by atoms with van der Waals surface area (Å²) in [6, 6.07) is 0. The van der Waals surface area contributed by atoms with E-state index in [1.807, 2.05) is 23.9 Å². The number of H-pyrrole nitrogens is 1. The summed E-state index contributed by atoms with van der Waals surface area (Å²) in [5, 5.41) is 5.88. The molecule has 3 heterocycles. The highest BCUT2D eigenvalue weighted by atomic mass is 32.2. The van der Waals surface area contributed by atoms with Crippen LogP contribution in [0.3, 0.4) is 0 Å². The molecule has 3 aromatic heterocycles. The highest BCUT2D eigenvalue weighted by Crippen LogP contribution is 2.31. The molecule has 0 atom stereocenters. The number of rotatable bonds is 3. The average molecular weight is 290 g/mol. The molecule has 98 valence electrons. The normalized spacial score (nSPS) is 11.6. The van der Waals surface area contributed by atoms with Gasteiger partial charge < -0.3 is 4.98 Å². The van der Waals surface area contributed by atoms with Crippen LogP contribution in [0.15, 0.2) is 27.1 Å². The fraction of sp³-hybridized carbons (Fsp3) is 0.308. The number of fused-ring (bicyclic) bond motifs is 1. The molecule has 3 aromatic rings. The van der Waals surface area contributed by atoms with Crippen molar-refractivity contribution in [2.75, 3.05) is 0 Å². The summed E-state index contributed by atoms with van der Waals surface area (Å²) in [6.45, 7) is 6.27. The molecule has 0 aromatic carbocycles. The Morgan fingerprint density at radius 2 is 1.95 bits per heavy atom. The first-order valence-electron chi connectivity index (χ1n) is 6.07. The third-order valence-corrected chi connectivity index (χ3v) is 4.34. The van der Waals surface area contributed by atoms with E-state index in [2.05, 4.69) is 23.8 Å². The third kappa shape index (κ3) is 2.50. The minimum atomic E-state index is 0.343. The molecule has 0 unspecified atom stereocenters. The highest BCUT2D eigenvalue weighted by Gasteiger charge is 2.15. The van der Waals surface area contributed by atoms with Gasteiger partial charge in [0.1, 0.15) is 10.5 Å². The maximum absolute atomic E-state index is 4.72. The topological polar surface area (TPSA) is 54.5 Å². The van der Waals surface area contributed by atoms with Crippen LogP contribution >= 0.6 is 23.1 Å². The molecule has 0 radical (unpaired) electrons. The molecule has 0 fully saturated rings. The molecule has 0 aliphatic heterocycles. The lowest BCUT2D eigenvalue weighted by Crippen LogP contribution is -1.99. The van der Waals surface area contributed by atoms with E-state index >= 15 is 0 Å². The van der Waals surface area contributed by atoms with Crippen molar-refractivity contribution >= 4 is 34.1 Å². The van der Waals surface area contributed by atoms with Crippen LogP contribution in [0.1, 0.15) is 31.2 Å². The number of thiophene rings is 1. The quantitative estimate of drug-likeness (QED) is 0.792. The first-order chi connectivity index (χ1) is 9.13. The van der Waals surface area contributed by atoms with Crippen LogP contribution in [-0.2, 0) is 0 Å². The van der Waals surface area contributed by atoms with Crippen molar-refractivity contribution < 1.29 is 0 Å². The number of imidazole rings is 1. The zero-order valence-electron chi connectivity index (χ0n) is 11.0. The lowest BCUT2D eigenvalue weighted by Gasteiger charge is -2.09. The zero-order chi connectivity index (χ0) is 13.4. The molecule has 0 bridgehead atoms. The molecule has 0 aliphatic rings. The van der Waals surface area contributed by atoms with Gasteiger partial charge in [-0.15, -0.1) is 11.3 Å². The third-order valence-electron chi connectivity index (χ3n) is 2.72. The van der Waals surface area contributed by atoms with Crippen molar-refractivity contribution in [3.05, 3.63) is 28.3 Å². The highest BCUT2D eigenvalue weighted by molar-refractivity contribution is 7.99. The summed E-state index contributed by atoms with van der Waals surface area (Å²) in [7, 11) is 0. The van der Waals surface area contributed by atoms with Crippen LogP contribution in [0.5, 0.6) is 0 Å². The molecule has 1 N–H and O–H groups in total. The SMILES string of the molecule is Cc1cnc(Sc2nc3cscc3nc2C(C)C)[nH]1. The van der Waals surface area contributed by atoms with Crippen molar-refractivity contribution in [2.24, 2.45) is 0 Å². The number of hydrogen-bond donors (Lipinski definition) is 1.